The molecule has 0 spiro atoms. The van der Waals surface area contributed by atoms with Crippen LogP contribution in [0.25, 0.3) is 0 Å². The van der Waals surface area contributed by atoms with Crippen molar-refractivity contribution < 1.29 is 14.3 Å². The van der Waals surface area contributed by atoms with E-state index in [1.807, 2.05) is 31.2 Å². The molecule has 0 aromatic heterocycles. The van der Waals surface area contributed by atoms with Crippen LogP contribution in [0, 0.1) is 5.92 Å². The highest BCUT2D eigenvalue weighted by atomic mass is 35.5. The Balaban J connectivity index is 0.00000242. The van der Waals surface area contributed by atoms with Gasteiger partial charge in [0.15, 0.2) is 0 Å². The lowest BCUT2D eigenvalue weighted by molar-refractivity contribution is -0.116. The fourth-order valence-electron chi connectivity index (χ4n) is 2.27. The predicted molar refractivity (Wildman–Crippen MR) is 89.6 cm³/mol. The van der Waals surface area contributed by atoms with Gasteiger partial charge in [0.25, 0.3) is 0 Å². The molecule has 0 aliphatic carbocycles. The molecule has 0 bridgehead atoms. The summed E-state index contributed by atoms with van der Waals surface area (Å²) in [6, 6.07) is 7.31. The molecule has 5 nitrogen and oxygen atoms in total. The van der Waals surface area contributed by atoms with E-state index in [9.17, 15) is 4.79 Å². The van der Waals surface area contributed by atoms with Crippen LogP contribution < -0.4 is 15.8 Å². The lowest BCUT2D eigenvalue weighted by atomic mass is 10.0. The largest absolute Gasteiger partial charge is 0.493 e. The molecule has 1 fully saturated rings. The van der Waals surface area contributed by atoms with Crippen molar-refractivity contribution in [3.8, 4) is 5.75 Å². The Hall–Kier alpha value is -1.30. The van der Waals surface area contributed by atoms with E-state index in [1.54, 1.807) is 0 Å². The summed E-state index contributed by atoms with van der Waals surface area (Å²) in [4.78, 5) is 11.6. The topological polar surface area (TPSA) is 73.6 Å². The van der Waals surface area contributed by atoms with Crippen LogP contribution in [0.3, 0.4) is 0 Å². The van der Waals surface area contributed by atoms with Crippen LogP contribution in [0.4, 0.5) is 5.69 Å². The molecule has 1 amide bonds. The number of benzene rings is 1. The van der Waals surface area contributed by atoms with E-state index in [2.05, 4.69) is 5.32 Å². The first-order valence-electron chi connectivity index (χ1n) is 7.49. The van der Waals surface area contributed by atoms with Crippen LogP contribution in [0.2, 0.25) is 0 Å². The zero-order valence-corrected chi connectivity index (χ0v) is 13.7. The van der Waals surface area contributed by atoms with Gasteiger partial charge in [-0.25, -0.2) is 0 Å². The van der Waals surface area contributed by atoms with Crippen molar-refractivity contribution in [3.63, 3.8) is 0 Å². The Kier molecular flexibility index (Phi) is 8.24. The van der Waals surface area contributed by atoms with E-state index in [0.29, 0.717) is 12.3 Å². The Morgan fingerprint density at radius 2 is 2.00 bits per heavy atom. The summed E-state index contributed by atoms with van der Waals surface area (Å²) in [7, 11) is 0. The third-order valence-corrected chi connectivity index (χ3v) is 3.47. The lowest BCUT2D eigenvalue weighted by Gasteiger charge is -2.22. The summed E-state index contributed by atoms with van der Waals surface area (Å²) < 4.78 is 11.1. The van der Waals surface area contributed by atoms with Crippen LogP contribution in [-0.2, 0) is 9.53 Å². The molecule has 1 aliphatic rings. The second-order valence-electron chi connectivity index (χ2n) is 5.62. The van der Waals surface area contributed by atoms with Crippen molar-refractivity contribution in [1.29, 1.82) is 0 Å². The fraction of sp³-hybridized carbons (Fsp3) is 0.562. The van der Waals surface area contributed by atoms with Gasteiger partial charge in [0.1, 0.15) is 5.75 Å². The summed E-state index contributed by atoms with van der Waals surface area (Å²) in [5.41, 5.74) is 6.35. The summed E-state index contributed by atoms with van der Waals surface area (Å²) in [5, 5.41) is 2.81. The summed E-state index contributed by atoms with van der Waals surface area (Å²) >= 11 is 0. The van der Waals surface area contributed by atoms with E-state index >= 15 is 0 Å². The van der Waals surface area contributed by atoms with Crippen LogP contribution in [-0.4, -0.2) is 31.8 Å². The van der Waals surface area contributed by atoms with Crippen molar-refractivity contribution in [1.82, 2.24) is 0 Å². The van der Waals surface area contributed by atoms with Crippen LogP contribution in [0.15, 0.2) is 24.3 Å². The number of carbonyl (C=O) groups is 1. The van der Waals surface area contributed by atoms with Gasteiger partial charge in [-0.2, -0.15) is 0 Å². The summed E-state index contributed by atoms with van der Waals surface area (Å²) in [6.07, 6.45) is 2.44. The molecule has 1 heterocycles. The maximum absolute atomic E-state index is 11.6. The van der Waals surface area contributed by atoms with Crippen molar-refractivity contribution in [3.05, 3.63) is 24.3 Å². The van der Waals surface area contributed by atoms with Crippen LogP contribution in [0.1, 0.15) is 26.2 Å². The maximum Gasteiger partial charge on any atom is 0.225 e. The maximum atomic E-state index is 11.6. The highest BCUT2D eigenvalue weighted by molar-refractivity contribution is 5.91. The van der Waals surface area contributed by atoms with Crippen molar-refractivity contribution in [2.45, 2.75) is 32.2 Å². The number of hydrogen-bond donors (Lipinski definition) is 2. The van der Waals surface area contributed by atoms with Gasteiger partial charge in [-0.3, -0.25) is 4.79 Å². The van der Waals surface area contributed by atoms with Crippen LogP contribution in [0.5, 0.6) is 5.75 Å². The second kappa shape index (κ2) is 9.66. The molecule has 3 N–H and O–H groups in total. The first-order chi connectivity index (χ1) is 10.1. The Morgan fingerprint density at radius 3 is 2.59 bits per heavy atom. The molecule has 1 aromatic rings. The van der Waals surface area contributed by atoms with Gasteiger partial charge in [0.05, 0.1) is 6.61 Å². The molecule has 1 saturated heterocycles. The van der Waals surface area contributed by atoms with Gasteiger partial charge in [-0.15, -0.1) is 12.4 Å². The number of nitrogens with two attached hydrogens (primary N) is 1. The van der Waals surface area contributed by atoms with Gasteiger partial charge in [-0.05, 0) is 49.9 Å². The number of hydrogen-bond acceptors (Lipinski definition) is 4. The molecular formula is C16H25ClN2O3. The van der Waals surface area contributed by atoms with Crippen molar-refractivity contribution in [2.75, 3.05) is 25.1 Å². The number of halogens is 1. The molecule has 1 aromatic carbocycles. The normalized spacial score (nSPS) is 16.5. The van der Waals surface area contributed by atoms with E-state index in [4.69, 9.17) is 15.2 Å². The average Bonchev–Trinajstić information content (AvgIpc) is 2.47. The SMILES string of the molecule is CC(N)CC(=O)Nc1ccc(OCC2CCOCC2)cc1.Cl. The zero-order chi connectivity index (χ0) is 15.1. The number of amides is 1. The number of anilines is 1. The third kappa shape index (κ3) is 6.64. The lowest BCUT2D eigenvalue weighted by Crippen LogP contribution is -2.24. The first-order valence-corrected chi connectivity index (χ1v) is 7.49. The summed E-state index contributed by atoms with van der Waals surface area (Å²) in [5.74, 6) is 1.33. The minimum atomic E-state index is -0.132. The Bertz CT molecular complexity index is 445. The molecule has 0 radical (unpaired) electrons. The number of ether oxygens (including phenoxy) is 2. The molecule has 2 rings (SSSR count). The van der Waals surface area contributed by atoms with E-state index in [-0.39, 0.29) is 24.4 Å². The molecular weight excluding hydrogens is 304 g/mol. The number of carbonyl (C=O) groups excluding carboxylic acids is 1. The van der Waals surface area contributed by atoms with Crippen LogP contribution >= 0.6 is 12.4 Å². The predicted octanol–water partition coefficient (Wildman–Crippen LogP) is 2.59. The van der Waals surface area contributed by atoms with Gasteiger partial charge >= 0.3 is 0 Å². The quantitative estimate of drug-likeness (QED) is 0.841. The van der Waals surface area contributed by atoms with Gasteiger partial charge < -0.3 is 20.5 Å². The van der Waals surface area contributed by atoms with Crippen molar-refractivity contribution in [2.24, 2.45) is 11.7 Å². The molecule has 0 saturated carbocycles. The third-order valence-electron chi connectivity index (χ3n) is 3.47. The second-order valence-corrected chi connectivity index (χ2v) is 5.62. The molecule has 1 unspecified atom stereocenters. The molecule has 1 atom stereocenters. The zero-order valence-electron chi connectivity index (χ0n) is 12.9. The standard InChI is InChI=1S/C16H24N2O3.ClH/c1-12(17)10-16(19)18-14-2-4-15(5-3-14)21-11-13-6-8-20-9-7-13;/h2-5,12-13H,6-11,17H2,1H3,(H,18,19);1H. The molecule has 6 heteroatoms. The highest BCUT2D eigenvalue weighted by Crippen LogP contribution is 2.19. The number of rotatable bonds is 6. The van der Waals surface area contributed by atoms with Crippen molar-refractivity contribution >= 4 is 24.0 Å². The molecule has 1 aliphatic heterocycles. The molecule has 124 valence electrons. The smallest absolute Gasteiger partial charge is 0.225 e. The van der Waals surface area contributed by atoms with Gasteiger partial charge in [-0.1, -0.05) is 0 Å². The monoisotopic (exact) mass is 328 g/mol. The fourth-order valence-corrected chi connectivity index (χ4v) is 2.27. The minimum Gasteiger partial charge on any atom is -0.493 e. The van der Waals surface area contributed by atoms with E-state index in [1.165, 1.54) is 0 Å². The number of nitrogens with one attached hydrogen (secondary N) is 1. The summed E-state index contributed by atoms with van der Waals surface area (Å²) in [6.45, 7) is 4.20. The van der Waals surface area contributed by atoms with Gasteiger partial charge in [0.2, 0.25) is 5.91 Å². The van der Waals surface area contributed by atoms with Gasteiger partial charge in [0, 0.05) is 31.4 Å². The van der Waals surface area contributed by atoms with E-state index in [0.717, 1.165) is 44.1 Å². The highest BCUT2D eigenvalue weighted by Gasteiger charge is 2.14. The van der Waals surface area contributed by atoms with E-state index < -0.39 is 0 Å². The Morgan fingerprint density at radius 1 is 1.36 bits per heavy atom. The minimum absolute atomic E-state index is 0. The Labute approximate surface area is 138 Å². The first kappa shape index (κ1) is 18.7. The molecule has 22 heavy (non-hydrogen) atoms. The average molecular weight is 329 g/mol.